The summed E-state index contributed by atoms with van der Waals surface area (Å²) in [4.78, 5) is 0. The summed E-state index contributed by atoms with van der Waals surface area (Å²) in [7, 11) is 1.78. The third kappa shape index (κ3) is 3.82. The third-order valence-corrected chi connectivity index (χ3v) is 3.87. The molecule has 0 unspecified atom stereocenters. The van der Waals surface area contributed by atoms with Gasteiger partial charge in [0.2, 0.25) is 0 Å². The van der Waals surface area contributed by atoms with E-state index in [0.717, 1.165) is 0 Å². The molecule has 1 aromatic rings. The molecule has 0 amide bonds. The third-order valence-electron chi connectivity index (χ3n) is 3.87. The molecule has 0 bridgehead atoms. The van der Waals surface area contributed by atoms with Crippen LogP contribution in [0.5, 0.6) is 0 Å². The zero-order chi connectivity index (χ0) is 15.1. The second-order valence-corrected chi connectivity index (χ2v) is 8.01. The molecule has 1 rings (SSSR count). The first kappa shape index (κ1) is 16.2. The van der Waals surface area contributed by atoms with Crippen LogP contribution in [0.4, 0.5) is 0 Å². The van der Waals surface area contributed by atoms with E-state index >= 15 is 0 Å². The predicted octanol–water partition coefficient (Wildman–Crippen LogP) is 5.16. The molecule has 0 aliphatic rings. The summed E-state index contributed by atoms with van der Waals surface area (Å²) in [5.41, 5.74) is 4.06. The molecule has 0 saturated carbocycles. The Hall–Kier alpha value is -0.820. The molecule has 0 aliphatic heterocycles. The molecule has 0 radical (unpaired) electrons. The van der Waals surface area contributed by atoms with Crippen LogP contribution in [0.25, 0.3) is 0 Å². The fraction of sp³-hybridized carbons (Fsp3) is 0.667. The molecule has 0 heterocycles. The minimum Gasteiger partial charge on any atom is -0.374 e. The Bertz CT molecular complexity index is 409. The maximum absolute atomic E-state index is 5.66. The fourth-order valence-electron chi connectivity index (χ4n) is 1.96. The molecule has 0 aliphatic carbocycles. The van der Waals surface area contributed by atoms with Gasteiger partial charge in [-0.1, -0.05) is 59.7 Å². The van der Waals surface area contributed by atoms with Gasteiger partial charge in [-0.2, -0.15) is 0 Å². The van der Waals surface area contributed by atoms with Gasteiger partial charge in [0.25, 0.3) is 0 Å². The van der Waals surface area contributed by atoms with Crippen molar-refractivity contribution >= 4 is 0 Å². The predicted molar refractivity (Wildman–Crippen MR) is 83.9 cm³/mol. The lowest BCUT2D eigenvalue weighted by atomic mass is 9.78. The number of rotatable bonds is 2. The van der Waals surface area contributed by atoms with Crippen molar-refractivity contribution in [2.24, 2.45) is 0 Å². The summed E-state index contributed by atoms with van der Waals surface area (Å²) in [5.74, 6) is 0. The van der Waals surface area contributed by atoms with Crippen LogP contribution in [0.2, 0.25) is 0 Å². The molecular formula is C18H30O. The highest BCUT2D eigenvalue weighted by Gasteiger charge is 2.26. The van der Waals surface area contributed by atoms with Crippen LogP contribution in [0.1, 0.15) is 72.1 Å². The van der Waals surface area contributed by atoms with Gasteiger partial charge in [-0.15, -0.1) is 0 Å². The standard InChI is InChI=1S/C18H30O/c1-16(2,3)13-10-14(17(4,5)6)12-15(11-13)18(7,8)19-9/h10-12H,1-9H3. The van der Waals surface area contributed by atoms with Gasteiger partial charge >= 0.3 is 0 Å². The SMILES string of the molecule is COC(C)(C)c1cc(C(C)(C)C)cc(C(C)(C)C)c1. The second kappa shape index (κ2) is 4.94. The molecule has 108 valence electrons. The van der Waals surface area contributed by atoms with Gasteiger partial charge in [0, 0.05) is 7.11 Å². The minimum absolute atomic E-state index is 0.153. The average Bonchev–Trinajstić information content (AvgIpc) is 2.26. The van der Waals surface area contributed by atoms with Crippen molar-refractivity contribution in [2.75, 3.05) is 7.11 Å². The van der Waals surface area contributed by atoms with E-state index in [2.05, 4.69) is 73.6 Å². The van der Waals surface area contributed by atoms with Crippen molar-refractivity contribution in [3.63, 3.8) is 0 Å². The minimum atomic E-state index is -0.249. The van der Waals surface area contributed by atoms with E-state index in [1.54, 1.807) is 7.11 Å². The molecule has 0 atom stereocenters. The lowest BCUT2D eigenvalue weighted by Gasteiger charge is -2.30. The summed E-state index contributed by atoms with van der Waals surface area (Å²) in [6.45, 7) is 17.8. The van der Waals surface area contributed by atoms with E-state index in [0.29, 0.717) is 0 Å². The van der Waals surface area contributed by atoms with E-state index in [-0.39, 0.29) is 16.4 Å². The highest BCUT2D eigenvalue weighted by molar-refractivity contribution is 5.39. The first-order valence-corrected chi connectivity index (χ1v) is 7.09. The lowest BCUT2D eigenvalue weighted by molar-refractivity contribution is 0.0190. The van der Waals surface area contributed by atoms with Gasteiger partial charge in [-0.25, -0.2) is 0 Å². The Balaban J connectivity index is 3.51. The van der Waals surface area contributed by atoms with Gasteiger partial charge in [0.1, 0.15) is 0 Å². The van der Waals surface area contributed by atoms with E-state index < -0.39 is 0 Å². The van der Waals surface area contributed by atoms with Gasteiger partial charge in [0.15, 0.2) is 0 Å². The Morgan fingerprint density at radius 2 is 0.947 bits per heavy atom. The summed E-state index contributed by atoms with van der Waals surface area (Å²) in [6, 6.07) is 6.92. The van der Waals surface area contributed by atoms with E-state index in [4.69, 9.17) is 4.74 Å². The first-order valence-electron chi connectivity index (χ1n) is 7.09. The number of benzene rings is 1. The molecule has 0 fully saturated rings. The Kier molecular flexibility index (Phi) is 4.22. The van der Waals surface area contributed by atoms with Crippen molar-refractivity contribution in [1.29, 1.82) is 0 Å². The molecular weight excluding hydrogens is 232 g/mol. The van der Waals surface area contributed by atoms with Crippen molar-refractivity contribution in [3.05, 3.63) is 34.9 Å². The van der Waals surface area contributed by atoms with Crippen LogP contribution in [-0.2, 0) is 21.2 Å². The first-order chi connectivity index (χ1) is 8.38. The molecule has 0 saturated heterocycles. The zero-order valence-corrected chi connectivity index (χ0v) is 14.1. The van der Waals surface area contributed by atoms with E-state index in [1.165, 1.54) is 16.7 Å². The van der Waals surface area contributed by atoms with Crippen LogP contribution in [-0.4, -0.2) is 7.11 Å². The van der Waals surface area contributed by atoms with Gasteiger partial charge < -0.3 is 4.74 Å². The van der Waals surface area contributed by atoms with Crippen LogP contribution in [0, 0.1) is 0 Å². The van der Waals surface area contributed by atoms with Crippen LogP contribution < -0.4 is 0 Å². The van der Waals surface area contributed by atoms with E-state index in [1.807, 2.05) is 0 Å². The van der Waals surface area contributed by atoms with Crippen molar-refractivity contribution in [3.8, 4) is 0 Å². The molecule has 1 heteroatoms. The largest absolute Gasteiger partial charge is 0.374 e. The molecule has 0 N–H and O–H groups in total. The van der Waals surface area contributed by atoms with Crippen molar-refractivity contribution in [1.82, 2.24) is 0 Å². The molecule has 19 heavy (non-hydrogen) atoms. The average molecular weight is 262 g/mol. The molecule has 0 spiro atoms. The highest BCUT2D eigenvalue weighted by atomic mass is 16.5. The van der Waals surface area contributed by atoms with Gasteiger partial charge in [-0.05, 0) is 41.4 Å². The van der Waals surface area contributed by atoms with Crippen LogP contribution in [0.15, 0.2) is 18.2 Å². The second-order valence-electron chi connectivity index (χ2n) is 8.01. The van der Waals surface area contributed by atoms with Crippen LogP contribution >= 0.6 is 0 Å². The smallest absolute Gasteiger partial charge is 0.0871 e. The summed E-state index contributed by atoms with van der Waals surface area (Å²) >= 11 is 0. The number of hydrogen-bond donors (Lipinski definition) is 0. The van der Waals surface area contributed by atoms with Gasteiger partial charge in [-0.3, -0.25) is 0 Å². The number of methoxy groups -OCH3 is 1. The number of hydrogen-bond acceptors (Lipinski definition) is 1. The molecule has 1 aromatic carbocycles. The quantitative estimate of drug-likeness (QED) is 0.715. The lowest BCUT2D eigenvalue weighted by Crippen LogP contribution is -2.23. The topological polar surface area (TPSA) is 9.23 Å². The highest BCUT2D eigenvalue weighted by Crippen LogP contribution is 2.34. The summed E-state index contributed by atoms with van der Waals surface area (Å²) < 4.78 is 5.66. The molecule has 0 aromatic heterocycles. The van der Waals surface area contributed by atoms with Gasteiger partial charge in [0.05, 0.1) is 5.60 Å². The Morgan fingerprint density at radius 1 is 0.632 bits per heavy atom. The zero-order valence-electron chi connectivity index (χ0n) is 14.1. The summed E-state index contributed by atoms with van der Waals surface area (Å²) in [6.07, 6.45) is 0. The molecule has 1 nitrogen and oxygen atoms in total. The van der Waals surface area contributed by atoms with E-state index in [9.17, 15) is 0 Å². The maximum atomic E-state index is 5.66. The summed E-state index contributed by atoms with van der Waals surface area (Å²) in [5, 5.41) is 0. The van der Waals surface area contributed by atoms with Crippen molar-refractivity contribution in [2.45, 2.75) is 71.8 Å². The maximum Gasteiger partial charge on any atom is 0.0871 e. The van der Waals surface area contributed by atoms with Crippen LogP contribution in [0.3, 0.4) is 0 Å². The fourth-order valence-corrected chi connectivity index (χ4v) is 1.96. The number of ether oxygens (including phenoxy) is 1. The normalized spacial score (nSPS) is 13.7. The van der Waals surface area contributed by atoms with Crippen molar-refractivity contribution < 1.29 is 4.74 Å². The Morgan fingerprint density at radius 3 is 1.21 bits per heavy atom. The monoisotopic (exact) mass is 262 g/mol. The Labute approximate surface area is 119 Å².